The van der Waals surface area contributed by atoms with E-state index in [0.29, 0.717) is 62.9 Å². The fourth-order valence-corrected chi connectivity index (χ4v) is 6.34. The number of aliphatic hydroxyl groups excluding tert-OH is 1. The molecule has 3 aliphatic heterocycles. The van der Waals surface area contributed by atoms with Gasteiger partial charge >= 0.3 is 0 Å². The van der Waals surface area contributed by atoms with E-state index < -0.39 is 16.1 Å². The van der Waals surface area contributed by atoms with Gasteiger partial charge in [0, 0.05) is 45.5 Å². The van der Waals surface area contributed by atoms with Gasteiger partial charge in [-0.2, -0.15) is 9.30 Å². The fourth-order valence-electron chi connectivity index (χ4n) is 4.89. The van der Waals surface area contributed by atoms with Crippen LogP contribution in [-0.4, -0.2) is 104 Å². The molecule has 10 nitrogen and oxygen atoms in total. The largest absolute Gasteiger partial charge is 0.493 e. The number of ether oxygens (including phenoxy) is 1. The highest BCUT2D eigenvalue weighted by molar-refractivity contribution is 7.89. The first kappa shape index (κ1) is 30.2. The quantitative estimate of drug-likeness (QED) is 0.436. The van der Waals surface area contributed by atoms with E-state index in [0.717, 1.165) is 24.8 Å². The Morgan fingerprint density at radius 3 is 2.45 bits per heavy atom. The third-order valence-corrected chi connectivity index (χ3v) is 8.74. The molecule has 4 rings (SSSR count). The van der Waals surface area contributed by atoms with Crippen LogP contribution in [0.15, 0.2) is 44.9 Å². The summed E-state index contributed by atoms with van der Waals surface area (Å²) in [5, 5.41) is 9.18. The zero-order valence-electron chi connectivity index (χ0n) is 22.3. The molecule has 1 fully saturated rings. The summed E-state index contributed by atoms with van der Waals surface area (Å²) in [7, 11) is -3.78. The van der Waals surface area contributed by atoms with Gasteiger partial charge in [0.1, 0.15) is 5.75 Å². The second kappa shape index (κ2) is 13.2. The van der Waals surface area contributed by atoms with Gasteiger partial charge in [-0.3, -0.25) is 9.69 Å². The van der Waals surface area contributed by atoms with Crippen molar-refractivity contribution in [1.82, 2.24) is 14.1 Å². The maximum atomic E-state index is 13.5. The number of piperazine rings is 1. The lowest BCUT2D eigenvalue weighted by molar-refractivity contribution is -0.119. The van der Waals surface area contributed by atoms with Crippen LogP contribution in [-0.2, 0) is 14.8 Å². The minimum atomic E-state index is -3.78. The predicted molar refractivity (Wildman–Crippen MR) is 150 cm³/mol. The van der Waals surface area contributed by atoms with Crippen molar-refractivity contribution >= 4 is 39.9 Å². The smallest absolute Gasteiger partial charge is 0.276 e. The Balaban J connectivity index is 0.00000400. The standard InChI is InChI=1S/C26H37N5O5S.ClH/c1-4-7-19-18-30(6-3)24-23(19)27-25(28-26(24)33)21-17-20(8-9-22(21)36-16-5-2)37(34,35)31-12-10-29(11-13-31)14-15-32;/h8-9,17-18,24,32H,4-7,10-16H2,1-3H3;1H. The third kappa shape index (κ3) is 6.12. The van der Waals surface area contributed by atoms with Crippen LogP contribution < -0.4 is 4.74 Å². The number of amides is 1. The first-order valence-corrected chi connectivity index (χ1v) is 14.6. The molecule has 1 saturated heterocycles. The Hall–Kier alpha value is -2.31. The van der Waals surface area contributed by atoms with Crippen LogP contribution >= 0.6 is 12.4 Å². The average molecular weight is 568 g/mol. The van der Waals surface area contributed by atoms with E-state index in [1.807, 2.05) is 29.8 Å². The number of sulfonamides is 1. The highest BCUT2D eigenvalue weighted by Crippen LogP contribution is 2.31. The first-order valence-electron chi connectivity index (χ1n) is 13.1. The van der Waals surface area contributed by atoms with E-state index in [2.05, 4.69) is 11.9 Å². The zero-order valence-corrected chi connectivity index (χ0v) is 23.9. The molecule has 38 heavy (non-hydrogen) atoms. The van der Waals surface area contributed by atoms with Crippen molar-refractivity contribution in [1.29, 1.82) is 0 Å². The van der Waals surface area contributed by atoms with Crippen LogP contribution in [0.25, 0.3) is 0 Å². The lowest BCUT2D eigenvalue weighted by Crippen LogP contribution is -2.49. The van der Waals surface area contributed by atoms with Crippen LogP contribution in [0.2, 0.25) is 0 Å². The summed E-state index contributed by atoms with van der Waals surface area (Å²) in [6, 6.07) is 4.18. The van der Waals surface area contributed by atoms with E-state index in [1.54, 1.807) is 12.1 Å². The van der Waals surface area contributed by atoms with E-state index >= 15 is 0 Å². The van der Waals surface area contributed by atoms with Crippen molar-refractivity contribution in [3.63, 3.8) is 0 Å². The van der Waals surface area contributed by atoms with Crippen molar-refractivity contribution < 1.29 is 23.1 Å². The molecule has 1 atom stereocenters. The molecule has 0 radical (unpaired) electrons. The normalized spacial score (nSPS) is 20.4. The van der Waals surface area contributed by atoms with Crippen LogP contribution in [0.3, 0.4) is 0 Å². The van der Waals surface area contributed by atoms with Crippen molar-refractivity contribution in [2.24, 2.45) is 9.98 Å². The molecular formula is C26H38ClN5O5S. The zero-order chi connectivity index (χ0) is 26.6. The van der Waals surface area contributed by atoms with Gasteiger partial charge in [-0.05, 0) is 43.5 Å². The number of aliphatic hydroxyl groups is 1. The molecule has 1 N–H and O–H groups in total. The molecule has 12 heteroatoms. The summed E-state index contributed by atoms with van der Waals surface area (Å²) in [5.74, 6) is 0.334. The lowest BCUT2D eigenvalue weighted by atomic mass is 10.0. The van der Waals surface area contributed by atoms with Crippen molar-refractivity contribution in [3.05, 3.63) is 35.5 Å². The Morgan fingerprint density at radius 2 is 1.82 bits per heavy atom. The summed E-state index contributed by atoms with van der Waals surface area (Å²) in [4.78, 5) is 26.4. The Labute approximate surface area is 231 Å². The molecule has 0 spiro atoms. The number of aliphatic imine (C=N–C) groups is 2. The topological polar surface area (TPSA) is 115 Å². The van der Waals surface area contributed by atoms with Gasteiger partial charge in [-0.15, -0.1) is 12.4 Å². The van der Waals surface area contributed by atoms with Gasteiger partial charge in [0.2, 0.25) is 10.0 Å². The summed E-state index contributed by atoms with van der Waals surface area (Å²) in [6.07, 6.45) is 4.48. The van der Waals surface area contributed by atoms with Gasteiger partial charge in [-0.1, -0.05) is 20.3 Å². The molecule has 1 aromatic rings. The number of hydrogen-bond donors (Lipinski definition) is 1. The molecule has 3 heterocycles. The first-order chi connectivity index (χ1) is 17.8. The number of nitrogens with zero attached hydrogens (tertiary/aromatic N) is 5. The van der Waals surface area contributed by atoms with Crippen LogP contribution in [0.1, 0.15) is 45.6 Å². The predicted octanol–water partition coefficient (Wildman–Crippen LogP) is 2.31. The van der Waals surface area contributed by atoms with Crippen LogP contribution in [0, 0.1) is 0 Å². The number of halogens is 1. The average Bonchev–Trinajstić information content (AvgIpc) is 3.26. The monoisotopic (exact) mass is 567 g/mol. The fraction of sp³-hybridized carbons (Fsp3) is 0.577. The van der Waals surface area contributed by atoms with Gasteiger partial charge in [0.05, 0.1) is 29.4 Å². The molecule has 3 aliphatic rings. The van der Waals surface area contributed by atoms with Crippen LogP contribution in [0.5, 0.6) is 5.75 Å². The molecule has 0 aromatic heterocycles. The molecule has 210 valence electrons. The van der Waals surface area contributed by atoms with Gasteiger partial charge < -0.3 is 14.7 Å². The summed E-state index contributed by atoms with van der Waals surface area (Å²) in [6.45, 7) is 9.53. The third-order valence-electron chi connectivity index (χ3n) is 6.84. The van der Waals surface area contributed by atoms with Gasteiger partial charge in [-0.25, -0.2) is 13.4 Å². The maximum absolute atomic E-state index is 13.5. The summed E-state index contributed by atoms with van der Waals surface area (Å²) in [5.41, 5.74) is 2.10. The van der Waals surface area contributed by atoms with E-state index in [1.165, 1.54) is 10.4 Å². The summed E-state index contributed by atoms with van der Waals surface area (Å²) >= 11 is 0. The van der Waals surface area contributed by atoms with E-state index in [4.69, 9.17) is 9.73 Å². The maximum Gasteiger partial charge on any atom is 0.276 e. The highest BCUT2D eigenvalue weighted by Gasteiger charge is 2.39. The van der Waals surface area contributed by atoms with E-state index in [-0.39, 0.29) is 35.7 Å². The number of carbonyl (C=O) groups is 1. The van der Waals surface area contributed by atoms with Gasteiger partial charge in [0.15, 0.2) is 11.9 Å². The SMILES string of the molecule is CCCOc1ccc(S(=O)(=O)N2CCN(CCO)CC2)cc1C1=NC(=O)C2C(=N1)C(CCC)=CN2CC.Cl. The lowest BCUT2D eigenvalue weighted by Gasteiger charge is -2.33. The number of β-amino-alcohol motifs (C(OH)–C–C–N with tert-alkyl or cyclic N) is 1. The molecule has 1 amide bonds. The number of hydrogen-bond acceptors (Lipinski definition) is 8. The molecule has 0 saturated carbocycles. The van der Waals surface area contributed by atoms with Crippen molar-refractivity contribution in [3.8, 4) is 5.75 Å². The second-order valence-corrected chi connectivity index (χ2v) is 11.3. The van der Waals surface area contributed by atoms with Crippen molar-refractivity contribution in [2.45, 2.75) is 51.0 Å². The molecule has 0 aliphatic carbocycles. The van der Waals surface area contributed by atoms with E-state index in [9.17, 15) is 18.3 Å². The summed E-state index contributed by atoms with van der Waals surface area (Å²) < 4.78 is 34.5. The minimum absolute atomic E-state index is 0. The second-order valence-electron chi connectivity index (χ2n) is 9.38. The number of amidine groups is 1. The molecule has 1 unspecified atom stereocenters. The number of rotatable bonds is 11. The minimum Gasteiger partial charge on any atom is -0.493 e. The molecule has 1 aromatic carbocycles. The highest BCUT2D eigenvalue weighted by atomic mass is 35.5. The van der Waals surface area contributed by atoms with Crippen molar-refractivity contribution in [2.75, 3.05) is 52.5 Å². The number of carbonyl (C=O) groups excluding carboxylic acids is 1. The van der Waals surface area contributed by atoms with Crippen LogP contribution in [0.4, 0.5) is 0 Å². The Morgan fingerprint density at radius 1 is 1.08 bits per heavy atom. The molecular weight excluding hydrogens is 530 g/mol. The molecule has 0 bridgehead atoms. The number of likely N-dealkylation sites (N-methyl/N-ethyl adjacent to an activating group) is 1. The number of fused-ring (bicyclic) bond motifs is 1. The Bertz CT molecular complexity index is 1210. The van der Waals surface area contributed by atoms with Gasteiger partial charge in [0.25, 0.3) is 5.91 Å². The Kier molecular flexibility index (Phi) is 10.5. The number of benzene rings is 1.